The third-order valence-corrected chi connectivity index (χ3v) is 20.8. The minimum Gasteiger partial charge on any atom is -0.497 e. The van der Waals surface area contributed by atoms with E-state index in [0.29, 0.717) is 159 Å². The number of amidine groups is 2. The number of aryl methyl sites for hydroxylation is 3. The summed E-state index contributed by atoms with van der Waals surface area (Å²) >= 11 is 12.2. The number of fused-ring (bicyclic) bond motifs is 3. The van der Waals surface area contributed by atoms with E-state index in [0.717, 1.165) is 80.5 Å². The Labute approximate surface area is 703 Å². The second-order valence-electron chi connectivity index (χ2n) is 27.3. The largest absolute Gasteiger partial charge is 0.497 e. The van der Waals surface area contributed by atoms with Gasteiger partial charge in [0.05, 0.1) is 155 Å². The van der Waals surface area contributed by atoms with E-state index in [-0.39, 0.29) is 85.6 Å². The van der Waals surface area contributed by atoms with Crippen LogP contribution in [0.3, 0.4) is 0 Å². The fraction of sp³-hybridized carbons (Fsp3) is 0.375. The van der Waals surface area contributed by atoms with Gasteiger partial charge >= 0.3 is 7.12 Å². The SMILES string of the molecule is COc1cccc(-c2cc(F)ccc2[C@H]2Cc3nc(N)nc(C)c3C(NOC[C@H]3COCCO3)=N2)n1.COc1cccc(B2OCCN(c3ccccc3)CCO2)c1.Cc1nc(N)nc2c1C(=S)N[C@@H](c1ccc(F)cc1Br)C2.Cc1nc(N)nc2c1C(NOC[C@H]1COCCO1)=N[C@@H](c1ccc(F)cc1Br)C2.N.NOC[C@H]1COCCO1. The lowest BCUT2D eigenvalue weighted by atomic mass is 9.78. The summed E-state index contributed by atoms with van der Waals surface area (Å²) in [5, 5.41) is 3.27. The van der Waals surface area contributed by atoms with Gasteiger partial charge in [0.25, 0.3) is 0 Å². The number of aliphatic imine (C=N–C) groups is 2. The molecular formula is C80H94BBr2F3N18O13S. The molecule has 0 radical (unpaired) electrons. The molecule has 7 aliphatic heterocycles. The Morgan fingerprint density at radius 1 is 0.534 bits per heavy atom. The van der Waals surface area contributed by atoms with Crippen LogP contribution in [-0.2, 0) is 71.5 Å². The van der Waals surface area contributed by atoms with Gasteiger partial charge in [0.2, 0.25) is 23.7 Å². The molecule has 4 aromatic heterocycles. The molecular weight excluding hydrogens is 1680 g/mol. The van der Waals surface area contributed by atoms with Gasteiger partial charge in [-0.05, 0) is 110 Å². The number of nitrogens with one attached hydrogen (secondary N) is 3. The molecule has 118 heavy (non-hydrogen) atoms. The Balaban J connectivity index is 0.000000151. The average molecular weight is 1780 g/mol. The van der Waals surface area contributed by atoms with Crippen molar-refractivity contribution in [3.63, 3.8) is 0 Å². The molecule has 0 bridgehead atoms. The maximum Gasteiger partial charge on any atom is 0.494 e. The van der Waals surface area contributed by atoms with E-state index in [1.807, 2.05) is 57.2 Å². The molecule has 16 rings (SSSR count). The number of aromatic nitrogens is 7. The fourth-order valence-corrected chi connectivity index (χ4v) is 15.3. The molecule has 4 saturated heterocycles. The normalized spacial score (nSPS) is 19.4. The summed E-state index contributed by atoms with van der Waals surface area (Å²) in [6.45, 7) is 14.6. The van der Waals surface area contributed by atoms with Crippen LogP contribution in [-0.4, -0.2) is 197 Å². The Bertz CT molecular complexity index is 4910. The number of rotatable bonds is 16. The molecule has 0 amide bonds. The summed E-state index contributed by atoms with van der Waals surface area (Å²) in [6.07, 6.45) is 1.27. The summed E-state index contributed by atoms with van der Waals surface area (Å²) in [5.74, 6) is 6.67. The van der Waals surface area contributed by atoms with Gasteiger partial charge in [0, 0.05) is 71.8 Å². The Morgan fingerprint density at radius 2 is 1.03 bits per heavy atom. The van der Waals surface area contributed by atoms with Crippen LogP contribution >= 0.6 is 44.1 Å². The highest BCUT2D eigenvalue weighted by molar-refractivity contribution is 9.10. The first-order chi connectivity index (χ1) is 56.8. The lowest BCUT2D eigenvalue weighted by Gasteiger charge is -2.29. The Hall–Kier alpha value is -9.59. The lowest BCUT2D eigenvalue weighted by Crippen LogP contribution is -2.44. The number of ether oxygens (including phenoxy) is 8. The van der Waals surface area contributed by atoms with Gasteiger partial charge in [0.15, 0.2) is 11.7 Å². The highest BCUT2D eigenvalue weighted by Crippen LogP contribution is 2.39. The van der Waals surface area contributed by atoms with E-state index < -0.39 is 6.04 Å². The molecule has 0 unspecified atom stereocenters. The topological polar surface area (TPSA) is 413 Å². The number of methoxy groups -OCH3 is 2. The van der Waals surface area contributed by atoms with E-state index >= 15 is 0 Å². The predicted octanol–water partition coefficient (Wildman–Crippen LogP) is 9.04. The summed E-state index contributed by atoms with van der Waals surface area (Å²) in [6, 6.07) is 36.5. The van der Waals surface area contributed by atoms with Crippen LogP contribution in [0.1, 0.15) is 85.7 Å². The summed E-state index contributed by atoms with van der Waals surface area (Å²) < 4.78 is 97.1. The van der Waals surface area contributed by atoms with Crippen LogP contribution in [0.5, 0.6) is 11.6 Å². The molecule has 4 fully saturated rings. The number of para-hydroxylation sites is 1. The van der Waals surface area contributed by atoms with Crippen molar-refractivity contribution in [1.82, 2.24) is 57.3 Å². The number of thiocarbonyl (C=S) groups is 1. The molecule has 11 heterocycles. The number of halogens is 5. The molecule has 0 aliphatic carbocycles. The van der Waals surface area contributed by atoms with Crippen LogP contribution in [0.15, 0.2) is 146 Å². The Kier molecular flexibility index (Phi) is 33.2. The average Bonchev–Trinajstić information content (AvgIpc) is 0.784. The number of nitrogens with zero attached hydrogens (tertiary/aromatic N) is 10. The van der Waals surface area contributed by atoms with Crippen molar-refractivity contribution in [2.45, 2.75) is 76.5 Å². The molecule has 0 spiro atoms. The van der Waals surface area contributed by atoms with Gasteiger partial charge in [-0.2, -0.15) is 0 Å². The fourth-order valence-electron chi connectivity index (χ4n) is 13.7. The molecule has 14 N–H and O–H groups in total. The Morgan fingerprint density at radius 3 is 1.53 bits per heavy atom. The van der Waals surface area contributed by atoms with E-state index in [2.05, 4.69) is 117 Å². The maximum atomic E-state index is 14.4. The second-order valence-corrected chi connectivity index (χ2v) is 29.4. The zero-order chi connectivity index (χ0) is 82.3. The third-order valence-electron chi connectivity index (χ3n) is 19.1. The molecule has 6 atom stereocenters. The van der Waals surface area contributed by atoms with Crippen LogP contribution < -0.4 is 65.4 Å². The number of nitrogen functional groups attached to an aromatic ring is 3. The third kappa shape index (κ3) is 24.3. The maximum absolute atomic E-state index is 14.4. The molecule has 0 saturated carbocycles. The second kappa shape index (κ2) is 43.9. The van der Waals surface area contributed by atoms with Gasteiger partial charge in [0.1, 0.15) is 59.7 Å². The molecule has 5 aromatic carbocycles. The molecule has 9 aromatic rings. The van der Waals surface area contributed by atoms with Crippen molar-refractivity contribution in [3.05, 3.63) is 221 Å². The van der Waals surface area contributed by atoms with Crippen molar-refractivity contribution >= 4 is 96.9 Å². The number of anilines is 4. The molecule has 626 valence electrons. The van der Waals surface area contributed by atoms with E-state index in [9.17, 15) is 13.2 Å². The molecule has 38 heteroatoms. The number of hydrogen-bond acceptors (Lipinski definition) is 31. The summed E-state index contributed by atoms with van der Waals surface area (Å²) in [7, 11) is 2.88. The number of hydrogen-bond donors (Lipinski definition) is 8. The minimum absolute atomic E-state index is 0. The van der Waals surface area contributed by atoms with Crippen LogP contribution in [0.2, 0.25) is 0 Å². The first-order valence-corrected chi connectivity index (χ1v) is 39.7. The van der Waals surface area contributed by atoms with E-state index in [1.54, 1.807) is 37.4 Å². The zero-order valence-electron chi connectivity index (χ0n) is 65.7. The minimum atomic E-state index is -0.407. The summed E-state index contributed by atoms with van der Waals surface area (Å²) in [4.78, 5) is 58.7. The van der Waals surface area contributed by atoms with Crippen LogP contribution in [0.4, 0.5) is 36.7 Å². The van der Waals surface area contributed by atoms with E-state index in [1.165, 1.54) is 49.2 Å². The van der Waals surface area contributed by atoms with Gasteiger partial charge in [-0.3, -0.25) is 19.7 Å². The highest BCUT2D eigenvalue weighted by Gasteiger charge is 2.33. The van der Waals surface area contributed by atoms with E-state index in [4.69, 9.17) is 102 Å². The van der Waals surface area contributed by atoms with Crippen molar-refractivity contribution in [3.8, 4) is 22.9 Å². The van der Waals surface area contributed by atoms with Gasteiger partial charge in [-0.1, -0.05) is 98.7 Å². The highest BCUT2D eigenvalue weighted by atomic mass is 79.9. The monoisotopic (exact) mass is 1770 g/mol. The van der Waals surface area contributed by atoms with Gasteiger partial charge < -0.3 is 85.6 Å². The quantitative estimate of drug-likeness (QED) is 0.0254. The first kappa shape index (κ1) is 89.2. The first-order valence-electron chi connectivity index (χ1n) is 37.7. The number of hydroxylamine groups is 2. The predicted molar refractivity (Wildman–Crippen MR) is 449 cm³/mol. The van der Waals surface area contributed by atoms with Crippen molar-refractivity contribution in [2.75, 3.05) is 142 Å². The van der Waals surface area contributed by atoms with Gasteiger partial charge in [-0.25, -0.2) is 64.9 Å². The number of benzene rings is 5. The van der Waals surface area contributed by atoms with Crippen molar-refractivity contribution in [1.29, 1.82) is 0 Å². The van der Waals surface area contributed by atoms with Crippen LogP contribution in [0.25, 0.3) is 11.3 Å². The number of nitrogens with two attached hydrogens (primary N) is 4. The molecule has 7 aliphatic rings. The zero-order valence-corrected chi connectivity index (χ0v) is 69.7. The van der Waals surface area contributed by atoms with Gasteiger partial charge in [-0.15, -0.1) is 0 Å². The number of pyridine rings is 1. The van der Waals surface area contributed by atoms with Crippen LogP contribution in [0, 0.1) is 38.2 Å². The smallest absolute Gasteiger partial charge is 0.494 e. The standard InChI is InChI=1S/C25H27FN6O4.C19H21BrFN5O3.C17H20BNO3.C14H12BrFN4S.C5H11NO3.H3N/c1-14-23-21(31-25(27)28-14)11-20(30-24(23)32-36-13-16-12-34-8-9-35-16)17-7-6-15(26)10-18(17)19-4-3-5-22(29-19)33-2;1-10-17-16(25-19(22)23-10)7-15(13-3-2-11(21)6-14(13)20)24-18(17)26-29-9-12-8-27-4-5-28-12;1-20-17-9-5-6-15(14-17)18-21-12-10-19(11-13-22-18)16-7-3-2-4-8-16;1-6-12-11(20-14(17)18-6)5-10(19-13(12)21)8-3-2-7(16)4-9(8)15;6-9-4-5-3-7-1-2-8-5;/h3-7,10,16,20H,8-9,11-13H2,1-2H3,(H,30,32)(H2,27,28,31);2-3,6,12,15H,4-5,7-9H2,1H3,(H,24,26)(H2,22,23,25);2-9,14H,10-13H2,1H3;2-4,10H,5H2,1H3,(H,19,21)(H2,17,18,20);5H,1-4,6H2;1H3/t16-,20-;12-,15-;;10-;5-;/m11.11./s1. The molecule has 31 nitrogen and oxygen atoms in total. The lowest BCUT2D eigenvalue weighted by molar-refractivity contribution is -0.122. The van der Waals surface area contributed by atoms with Crippen molar-refractivity contribution < 1.29 is 74.9 Å². The van der Waals surface area contributed by atoms with Crippen molar-refractivity contribution in [2.24, 2.45) is 15.9 Å². The summed E-state index contributed by atoms with van der Waals surface area (Å²) in [5.41, 5.74) is 36.1.